The van der Waals surface area contributed by atoms with E-state index in [1.807, 2.05) is 32.9 Å². The van der Waals surface area contributed by atoms with Gasteiger partial charge in [-0.05, 0) is 67.6 Å². The van der Waals surface area contributed by atoms with Crippen LogP contribution in [-0.2, 0) is 14.4 Å². The molecule has 1 aromatic heterocycles. The van der Waals surface area contributed by atoms with Gasteiger partial charge in [-0.2, -0.15) is 4.98 Å². The first kappa shape index (κ1) is 35.3. The Morgan fingerprint density at radius 3 is 2.48 bits per heavy atom. The maximum absolute atomic E-state index is 15.2. The van der Waals surface area contributed by atoms with E-state index in [0.717, 1.165) is 51.4 Å². The van der Waals surface area contributed by atoms with E-state index in [1.165, 1.54) is 6.07 Å². The first-order chi connectivity index (χ1) is 23.1. The highest BCUT2D eigenvalue weighted by Crippen LogP contribution is 2.40. The molecular formula is C37H51FN6O4. The molecule has 3 atom stereocenters. The number of aromatic nitrogens is 2. The number of hydrogen-bond donors (Lipinski definition) is 3. The van der Waals surface area contributed by atoms with E-state index in [-0.39, 0.29) is 53.8 Å². The number of likely N-dealkylation sites (N-methyl/N-ethyl adjacent to an activating group) is 1. The number of amides is 2. The minimum atomic E-state index is -0.965. The molecule has 48 heavy (non-hydrogen) atoms. The number of benzene rings is 1. The van der Waals surface area contributed by atoms with E-state index >= 15 is 4.39 Å². The lowest BCUT2D eigenvalue weighted by atomic mass is 9.77. The van der Waals surface area contributed by atoms with Crippen LogP contribution in [0.25, 0.3) is 6.08 Å². The molecule has 0 radical (unpaired) electrons. The van der Waals surface area contributed by atoms with Gasteiger partial charge in [-0.3, -0.25) is 9.59 Å². The standard InChI is InChI=1S/C37H51FN6O4/c1-5-29-35(46)43(4)30-22-39-37(42-34(30)44(29)26-16-11-12-17-26)40-28-20-19-24(21-27(28)38)13-7-6-8-18-31(45)41-33(36(47)48)32(23(2)3)25-14-9-10-15-25/h7,13,19-23,25-26,29,32-33H,5-6,8-12,14-18H2,1-4H3,(H,41,45)(H,47,48)(H,39,40,42)/b13-7+/t29-,32?,33+/m1/s1. The smallest absolute Gasteiger partial charge is 0.326 e. The van der Waals surface area contributed by atoms with Gasteiger partial charge in [-0.15, -0.1) is 0 Å². The van der Waals surface area contributed by atoms with Crippen molar-refractivity contribution in [1.29, 1.82) is 0 Å². The Balaban J connectivity index is 1.17. The molecule has 2 fully saturated rings. The zero-order valence-electron chi connectivity index (χ0n) is 28.8. The van der Waals surface area contributed by atoms with Crippen molar-refractivity contribution < 1.29 is 23.9 Å². The summed E-state index contributed by atoms with van der Waals surface area (Å²) in [5.41, 5.74) is 1.58. The van der Waals surface area contributed by atoms with Crippen LogP contribution in [0.3, 0.4) is 0 Å². The molecule has 2 saturated carbocycles. The summed E-state index contributed by atoms with van der Waals surface area (Å²) < 4.78 is 15.2. The number of carboxylic acids is 1. The van der Waals surface area contributed by atoms with Gasteiger partial charge in [0, 0.05) is 19.5 Å². The molecule has 3 N–H and O–H groups in total. The second-order valence-electron chi connectivity index (χ2n) is 14.0. The van der Waals surface area contributed by atoms with Crippen molar-refractivity contribution in [3.05, 3.63) is 41.9 Å². The van der Waals surface area contributed by atoms with Gasteiger partial charge in [0.2, 0.25) is 17.8 Å². The number of carboxylic acid groups (broad SMARTS) is 1. The van der Waals surface area contributed by atoms with Crippen LogP contribution in [-0.4, -0.2) is 58.0 Å². The number of carbonyl (C=O) groups excluding carboxylic acids is 2. The number of hydrogen-bond acceptors (Lipinski definition) is 7. The lowest BCUT2D eigenvalue weighted by molar-refractivity contribution is -0.145. The predicted octanol–water partition coefficient (Wildman–Crippen LogP) is 7.08. The number of unbranched alkanes of at least 4 members (excludes halogenated alkanes) is 1. The van der Waals surface area contributed by atoms with E-state index in [9.17, 15) is 19.5 Å². The van der Waals surface area contributed by atoms with Crippen LogP contribution in [0.1, 0.15) is 103 Å². The first-order valence-electron chi connectivity index (χ1n) is 17.8. The molecule has 2 amide bonds. The first-order valence-corrected chi connectivity index (χ1v) is 17.8. The summed E-state index contributed by atoms with van der Waals surface area (Å²) in [5.74, 6) is -0.237. The van der Waals surface area contributed by atoms with Gasteiger partial charge in [0.1, 0.15) is 23.6 Å². The maximum atomic E-state index is 15.2. The van der Waals surface area contributed by atoms with Crippen LogP contribution in [0, 0.1) is 23.6 Å². The third-order valence-electron chi connectivity index (χ3n) is 10.4. The molecule has 2 heterocycles. The second kappa shape index (κ2) is 15.9. The Bertz CT molecular complexity index is 1490. The molecule has 11 heteroatoms. The number of aliphatic carboxylic acids is 1. The Morgan fingerprint density at radius 1 is 1.12 bits per heavy atom. The summed E-state index contributed by atoms with van der Waals surface area (Å²) in [5, 5.41) is 15.8. The molecule has 260 valence electrons. The average Bonchev–Trinajstić information content (AvgIpc) is 3.79. The quantitative estimate of drug-likeness (QED) is 0.183. The van der Waals surface area contributed by atoms with E-state index in [1.54, 1.807) is 30.3 Å². The molecule has 5 rings (SSSR count). The number of nitrogens with one attached hydrogen (secondary N) is 2. The summed E-state index contributed by atoms with van der Waals surface area (Å²) in [6, 6.07) is 3.96. The topological polar surface area (TPSA) is 128 Å². The minimum absolute atomic E-state index is 0.0420. The molecule has 0 saturated heterocycles. The van der Waals surface area contributed by atoms with Crippen LogP contribution < -0.4 is 20.4 Å². The SMILES string of the molecule is CC[C@@H]1C(=O)N(C)c2cnc(Nc3ccc(/C=C/CCCC(=O)N[C@H](C(=O)O)C(C(C)C)C4CCCC4)cc3F)nc2N1C1CCCC1. The van der Waals surface area contributed by atoms with Gasteiger partial charge in [-0.1, -0.05) is 77.5 Å². The molecule has 1 unspecified atom stereocenters. The number of allylic oxidation sites excluding steroid dienone is 1. The van der Waals surface area contributed by atoms with Gasteiger partial charge < -0.3 is 25.5 Å². The summed E-state index contributed by atoms with van der Waals surface area (Å²) >= 11 is 0. The molecule has 0 bridgehead atoms. The van der Waals surface area contributed by atoms with Crippen LogP contribution in [0.15, 0.2) is 30.5 Å². The summed E-state index contributed by atoms with van der Waals surface area (Å²) in [6.45, 7) is 6.10. The van der Waals surface area contributed by atoms with Gasteiger partial charge in [-0.25, -0.2) is 14.2 Å². The lowest BCUT2D eigenvalue weighted by Crippen LogP contribution is -2.55. The summed E-state index contributed by atoms with van der Waals surface area (Å²) in [7, 11) is 1.75. The number of rotatable bonds is 14. The molecule has 0 spiro atoms. The highest BCUT2D eigenvalue weighted by atomic mass is 19.1. The normalized spacial score (nSPS) is 20.0. The van der Waals surface area contributed by atoms with Crippen LogP contribution in [0.5, 0.6) is 0 Å². The second-order valence-corrected chi connectivity index (χ2v) is 14.0. The zero-order valence-corrected chi connectivity index (χ0v) is 28.8. The Hall–Kier alpha value is -4.02. The number of carbonyl (C=O) groups is 3. The molecule has 3 aliphatic rings. The van der Waals surface area contributed by atoms with Gasteiger partial charge in [0.05, 0.1) is 11.9 Å². The van der Waals surface area contributed by atoms with Crippen molar-refractivity contribution in [1.82, 2.24) is 15.3 Å². The molecule has 10 nitrogen and oxygen atoms in total. The number of anilines is 4. The monoisotopic (exact) mass is 662 g/mol. The van der Waals surface area contributed by atoms with Crippen LogP contribution >= 0.6 is 0 Å². The molecule has 2 aliphatic carbocycles. The largest absolute Gasteiger partial charge is 0.480 e. The lowest BCUT2D eigenvalue weighted by Gasteiger charge is -2.43. The maximum Gasteiger partial charge on any atom is 0.326 e. The van der Waals surface area contributed by atoms with Gasteiger partial charge >= 0.3 is 5.97 Å². The fourth-order valence-corrected chi connectivity index (χ4v) is 8.01. The number of fused-ring (bicyclic) bond motifs is 1. The van der Waals surface area contributed by atoms with Gasteiger partial charge in [0.25, 0.3) is 0 Å². The zero-order chi connectivity index (χ0) is 34.4. The minimum Gasteiger partial charge on any atom is -0.480 e. The summed E-state index contributed by atoms with van der Waals surface area (Å²) in [4.78, 5) is 50.9. The Labute approximate surface area is 283 Å². The van der Waals surface area contributed by atoms with Crippen molar-refractivity contribution in [2.24, 2.45) is 17.8 Å². The fourth-order valence-electron chi connectivity index (χ4n) is 8.01. The number of halogens is 1. The van der Waals surface area contributed by atoms with Crippen molar-refractivity contribution in [3.8, 4) is 0 Å². The molecule has 2 aromatic rings. The van der Waals surface area contributed by atoms with Crippen LogP contribution in [0.4, 0.5) is 27.5 Å². The molecular weight excluding hydrogens is 611 g/mol. The predicted molar refractivity (Wildman–Crippen MR) is 187 cm³/mol. The third-order valence-corrected chi connectivity index (χ3v) is 10.4. The van der Waals surface area contributed by atoms with E-state index in [2.05, 4.69) is 20.5 Å². The van der Waals surface area contributed by atoms with E-state index in [0.29, 0.717) is 42.2 Å². The van der Waals surface area contributed by atoms with Gasteiger partial charge in [0.15, 0.2) is 5.82 Å². The van der Waals surface area contributed by atoms with Crippen molar-refractivity contribution in [2.45, 2.75) is 116 Å². The molecule has 1 aliphatic heterocycles. The highest BCUT2D eigenvalue weighted by Gasteiger charge is 2.41. The number of nitrogens with zero attached hydrogens (tertiary/aromatic N) is 4. The van der Waals surface area contributed by atoms with Crippen molar-refractivity contribution in [2.75, 3.05) is 22.2 Å². The highest BCUT2D eigenvalue weighted by molar-refractivity contribution is 6.04. The Kier molecular flexibility index (Phi) is 11.7. The molecule has 1 aromatic carbocycles. The average molecular weight is 663 g/mol. The summed E-state index contributed by atoms with van der Waals surface area (Å²) in [6.07, 6.45) is 15.9. The van der Waals surface area contributed by atoms with E-state index in [4.69, 9.17) is 4.98 Å². The Morgan fingerprint density at radius 2 is 1.83 bits per heavy atom. The van der Waals surface area contributed by atoms with E-state index < -0.39 is 17.8 Å². The van der Waals surface area contributed by atoms with Crippen LogP contribution in [0.2, 0.25) is 0 Å². The third kappa shape index (κ3) is 7.98. The fraction of sp³-hybridized carbons (Fsp3) is 0.595. The van der Waals surface area contributed by atoms with Crippen molar-refractivity contribution in [3.63, 3.8) is 0 Å². The van der Waals surface area contributed by atoms with Crippen molar-refractivity contribution >= 4 is 47.0 Å².